The Balaban J connectivity index is 1.23. The summed E-state index contributed by atoms with van der Waals surface area (Å²) in [6, 6.07) is 14.8. The number of carboxylic acid groups (broad SMARTS) is 1. The third-order valence-corrected chi connectivity index (χ3v) is 7.69. The summed E-state index contributed by atoms with van der Waals surface area (Å²) in [6.45, 7) is 0.716. The number of epoxide rings is 1. The minimum Gasteiger partial charge on any atom is -0.479 e. The van der Waals surface area contributed by atoms with Gasteiger partial charge in [0.1, 0.15) is 11.5 Å². The Labute approximate surface area is 237 Å². The van der Waals surface area contributed by atoms with Crippen LogP contribution < -0.4 is 5.32 Å². The first kappa shape index (κ1) is 25.5. The summed E-state index contributed by atoms with van der Waals surface area (Å²) in [5.74, 6) is -3.12. The highest BCUT2D eigenvalue weighted by atomic mass is 16.6. The molecule has 2 saturated heterocycles. The number of carbonyl (C=O) groups is 5. The van der Waals surface area contributed by atoms with Crippen LogP contribution in [-0.2, 0) is 19.1 Å². The van der Waals surface area contributed by atoms with Gasteiger partial charge in [-0.25, -0.2) is 9.78 Å². The van der Waals surface area contributed by atoms with Crippen molar-refractivity contribution in [3.05, 3.63) is 77.6 Å². The maximum Gasteiger partial charge on any atom is 0.336 e. The number of rotatable bonds is 5. The zero-order valence-electron chi connectivity index (χ0n) is 21.8. The number of fused-ring (bicyclic) bond motifs is 5. The average Bonchev–Trinajstić information content (AvgIpc) is 3.73. The largest absolute Gasteiger partial charge is 0.479 e. The molecule has 0 aliphatic carbocycles. The highest BCUT2D eigenvalue weighted by Crippen LogP contribution is 2.39. The van der Waals surface area contributed by atoms with E-state index in [9.17, 15) is 24.0 Å². The predicted molar refractivity (Wildman–Crippen MR) is 145 cm³/mol. The first-order chi connectivity index (χ1) is 20.3. The molecule has 210 valence electrons. The average molecular weight is 567 g/mol. The van der Waals surface area contributed by atoms with Crippen LogP contribution in [0.15, 0.2) is 60.8 Å². The van der Waals surface area contributed by atoms with Gasteiger partial charge in [-0.2, -0.15) is 0 Å². The zero-order chi connectivity index (χ0) is 29.1. The number of H-pyrrole nitrogens is 1. The Bertz CT molecular complexity index is 1820. The number of pyridine rings is 2. The van der Waals surface area contributed by atoms with E-state index in [4.69, 9.17) is 9.84 Å². The van der Waals surface area contributed by atoms with Gasteiger partial charge in [-0.05, 0) is 30.3 Å². The van der Waals surface area contributed by atoms with Crippen LogP contribution in [-0.4, -0.2) is 91.2 Å². The number of piperazine rings is 1. The number of nitrogens with one attached hydrogen (secondary N) is 2. The fraction of sp³-hybridized carbons (Fsp3) is 0.207. The number of amides is 3. The number of aromatic nitrogens is 3. The van der Waals surface area contributed by atoms with Crippen LogP contribution in [0.25, 0.3) is 22.3 Å². The van der Waals surface area contributed by atoms with Crippen molar-refractivity contribution in [3.63, 3.8) is 0 Å². The number of hydrogen-bond donors (Lipinski definition) is 3. The van der Waals surface area contributed by atoms with Crippen molar-refractivity contribution < 1.29 is 33.8 Å². The Morgan fingerprint density at radius 3 is 2.57 bits per heavy atom. The summed E-state index contributed by atoms with van der Waals surface area (Å²) in [5.41, 5.74) is 2.52. The normalized spacial score (nSPS) is 21.1. The molecule has 3 N–H and O–H groups in total. The van der Waals surface area contributed by atoms with Crippen molar-refractivity contribution in [2.45, 2.75) is 18.2 Å². The van der Waals surface area contributed by atoms with Gasteiger partial charge >= 0.3 is 5.97 Å². The molecule has 3 amide bonds. The topological polar surface area (TPSA) is 178 Å². The summed E-state index contributed by atoms with van der Waals surface area (Å²) in [4.78, 5) is 78.6. The van der Waals surface area contributed by atoms with E-state index in [2.05, 4.69) is 20.3 Å². The predicted octanol–water partition coefficient (Wildman–Crippen LogP) is 1.64. The quantitative estimate of drug-likeness (QED) is 0.239. The summed E-state index contributed by atoms with van der Waals surface area (Å²) < 4.78 is 4.90. The minimum atomic E-state index is -1.22. The van der Waals surface area contributed by atoms with E-state index in [0.717, 1.165) is 0 Å². The molecule has 3 aliphatic heterocycles. The first-order valence-corrected chi connectivity index (χ1v) is 13.2. The van der Waals surface area contributed by atoms with Crippen molar-refractivity contribution in [2.75, 3.05) is 25.0 Å². The van der Waals surface area contributed by atoms with Gasteiger partial charge in [-0.15, -0.1) is 0 Å². The lowest BCUT2D eigenvalue weighted by atomic mass is 9.93. The molecule has 0 spiro atoms. The van der Waals surface area contributed by atoms with E-state index in [-0.39, 0.29) is 30.4 Å². The number of Topliss-reactive ketones (excluding diaryl/α,β-unsaturated/α-hetero) is 1. The molecule has 0 radical (unpaired) electrons. The zero-order valence-corrected chi connectivity index (χ0v) is 21.8. The second-order valence-corrected chi connectivity index (χ2v) is 10.2. The monoisotopic (exact) mass is 566 g/mol. The maximum absolute atomic E-state index is 13.3. The van der Waals surface area contributed by atoms with Gasteiger partial charge in [0, 0.05) is 36.8 Å². The van der Waals surface area contributed by atoms with Crippen molar-refractivity contribution in [1.82, 2.24) is 24.8 Å². The molecule has 0 saturated carbocycles. The van der Waals surface area contributed by atoms with Crippen LogP contribution >= 0.6 is 0 Å². The van der Waals surface area contributed by atoms with Crippen molar-refractivity contribution >= 4 is 46.2 Å². The van der Waals surface area contributed by atoms with E-state index in [0.29, 0.717) is 40.1 Å². The number of benzene rings is 1. The smallest absolute Gasteiger partial charge is 0.336 e. The van der Waals surface area contributed by atoms with Crippen LogP contribution in [0.3, 0.4) is 0 Å². The number of nitrogens with zero attached hydrogens (tertiary/aromatic N) is 4. The van der Waals surface area contributed by atoms with Crippen molar-refractivity contribution in [2.24, 2.45) is 0 Å². The van der Waals surface area contributed by atoms with E-state index < -0.39 is 41.8 Å². The molecule has 7 rings (SSSR count). The molecule has 4 aromatic rings. The summed E-state index contributed by atoms with van der Waals surface area (Å²) >= 11 is 0. The Morgan fingerprint density at radius 2 is 1.81 bits per heavy atom. The highest BCUT2D eigenvalue weighted by molar-refractivity contribution is 6.46. The van der Waals surface area contributed by atoms with Gasteiger partial charge in [0.15, 0.2) is 12.2 Å². The molecule has 6 heterocycles. The van der Waals surface area contributed by atoms with Gasteiger partial charge < -0.3 is 29.9 Å². The summed E-state index contributed by atoms with van der Waals surface area (Å²) in [5, 5.41) is 12.1. The molecule has 13 nitrogen and oxygen atoms in total. The van der Waals surface area contributed by atoms with Crippen LogP contribution in [0.2, 0.25) is 0 Å². The minimum absolute atomic E-state index is 0.158. The van der Waals surface area contributed by atoms with Crippen LogP contribution in [0, 0.1) is 0 Å². The fourth-order valence-electron chi connectivity index (χ4n) is 5.62. The first-order valence-electron chi connectivity index (χ1n) is 13.2. The molecular formula is C29H22N6O7. The second kappa shape index (κ2) is 9.59. The van der Waals surface area contributed by atoms with Gasteiger partial charge in [0.05, 0.1) is 28.5 Å². The molecule has 3 aliphatic rings. The Hall–Kier alpha value is -5.43. The second-order valence-electron chi connectivity index (χ2n) is 10.2. The molecule has 2 unspecified atom stereocenters. The number of aromatic amines is 1. The summed E-state index contributed by atoms with van der Waals surface area (Å²) in [7, 11) is 0. The number of ketones is 1. The lowest BCUT2D eigenvalue weighted by Gasteiger charge is -2.43. The van der Waals surface area contributed by atoms with Gasteiger partial charge in [0.25, 0.3) is 23.5 Å². The molecule has 3 aromatic heterocycles. The molecule has 1 aromatic carbocycles. The third-order valence-electron chi connectivity index (χ3n) is 7.69. The van der Waals surface area contributed by atoms with E-state index in [1.54, 1.807) is 53.4 Å². The number of aliphatic carboxylic acids is 1. The van der Waals surface area contributed by atoms with Crippen molar-refractivity contribution in [3.8, 4) is 11.4 Å². The van der Waals surface area contributed by atoms with Crippen LogP contribution in [0.1, 0.15) is 32.5 Å². The SMILES string of the molecule is O=C1C(=O)N2CCN(C(=O)c3ccccc3)C[C@H]2c2[nH]c3c(-c4cccc(NC(=O)C5OC5C(=O)O)n4)nccc3c21. The fourth-order valence-corrected chi connectivity index (χ4v) is 5.62. The molecule has 42 heavy (non-hydrogen) atoms. The number of anilines is 1. The van der Waals surface area contributed by atoms with Gasteiger partial charge in [-0.3, -0.25) is 24.2 Å². The van der Waals surface area contributed by atoms with Crippen LogP contribution in [0.5, 0.6) is 0 Å². The van der Waals surface area contributed by atoms with Crippen molar-refractivity contribution in [1.29, 1.82) is 0 Å². The molecular weight excluding hydrogens is 544 g/mol. The number of carbonyl (C=O) groups excluding carboxylic acids is 4. The molecule has 2 fully saturated rings. The number of hydrogen-bond acceptors (Lipinski definition) is 8. The lowest BCUT2D eigenvalue weighted by Crippen LogP contribution is -2.56. The number of ether oxygens (including phenoxy) is 1. The van der Waals surface area contributed by atoms with E-state index in [1.807, 2.05) is 6.07 Å². The van der Waals surface area contributed by atoms with Gasteiger partial charge in [-0.1, -0.05) is 24.3 Å². The molecule has 13 heteroatoms. The standard InChI is InChI=1S/C29H22N6O7/c36-23-19-15-9-10-30-21(16-7-4-8-18(31-16)32-26(37)24-25(42-24)29(40)41)20(15)33-22(19)17-13-34(11-12-35(17)28(23)39)27(38)14-5-2-1-3-6-14/h1-10,17,24-25,33H,11-13H2,(H,40,41)(H,31,32,37)/t17-,24?,25?/m0/s1. The van der Waals surface area contributed by atoms with Crippen LogP contribution in [0.4, 0.5) is 5.82 Å². The Kier molecular flexibility index (Phi) is 5.83. The maximum atomic E-state index is 13.3. The molecule has 0 bridgehead atoms. The number of carboxylic acids is 1. The Morgan fingerprint density at radius 1 is 1.00 bits per heavy atom. The van der Waals surface area contributed by atoms with E-state index in [1.165, 1.54) is 11.1 Å². The van der Waals surface area contributed by atoms with Gasteiger partial charge in [0.2, 0.25) is 0 Å². The van der Waals surface area contributed by atoms with E-state index >= 15 is 0 Å². The summed E-state index contributed by atoms with van der Waals surface area (Å²) in [6.07, 6.45) is -0.780. The highest BCUT2D eigenvalue weighted by Gasteiger charge is 2.51. The third kappa shape index (κ3) is 4.09. The lowest BCUT2D eigenvalue weighted by molar-refractivity contribution is -0.138. The molecule has 3 atom stereocenters.